The molecule has 0 saturated heterocycles. The molecule has 2 N–H and O–H groups in total. The second kappa shape index (κ2) is 7.82. The van der Waals surface area contributed by atoms with E-state index in [1.165, 1.54) is 0 Å². The Morgan fingerprint density at radius 2 is 1.53 bits per heavy atom. The molecule has 30 heavy (non-hydrogen) atoms. The number of benzene rings is 2. The highest BCUT2D eigenvalue weighted by Crippen LogP contribution is 2.48. The molecular weight excluding hydrogens is 416 g/mol. The van der Waals surface area contributed by atoms with Gasteiger partial charge in [0.05, 0.1) is 16.7 Å². The second-order valence-electron chi connectivity index (χ2n) is 7.08. The van der Waals surface area contributed by atoms with Crippen molar-refractivity contribution in [1.82, 2.24) is 5.32 Å². The van der Waals surface area contributed by atoms with Crippen LogP contribution in [0.15, 0.2) is 48.5 Å². The fraction of sp³-hybridized carbons (Fsp3) is 0.350. The van der Waals surface area contributed by atoms with Gasteiger partial charge in [-0.2, -0.15) is 26.3 Å². The molecule has 162 valence electrons. The van der Waals surface area contributed by atoms with E-state index in [-0.39, 0.29) is 25.5 Å². The van der Waals surface area contributed by atoms with Gasteiger partial charge in [-0.05, 0) is 42.2 Å². The Morgan fingerprint density at radius 3 is 2.00 bits per heavy atom. The van der Waals surface area contributed by atoms with Gasteiger partial charge in [-0.25, -0.2) is 4.79 Å². The number of carbonyl (C=O) groups is 1. The lowest BCUT2D eigenvalue weighted by Crippen LogP contribution is -2.42. The van der Waals surface area contributed by atoms with Crippen LogP contribution in [0, 0.1) is 0 Å². The van der Waals surface area contributed by atoms with E-state index < -0.39 is 46.8 Å². The van der Waals surface area contributed by atoms with Crippen LogP contribution in [0.2, 0.25) is 0 Å². The number of aliphatic hydroxyl groups is 1. The van der Waals surface area contributed by atoms with Gasteiger partial charge in [0, 0.05) is 0 Å². The fourth-order valence-electron chi connectivity index (χ4n) is 3.02. The lowest BCUT2D eigenvalue weighted by Gasteiger charge is -2.25. The first-order valence-corrected chi connectivity index (χ1v) is 8.87. The van der Waals surface area contributed by atoms with Crippen molar-refractivity contribution in [3.05, 3.63) is 70.8 Å². The quantitative estimate of drug-likeness (QED) is 0.636. The molecule has 0 aliphatic heterocycles. The minimum atomic E-state index is -5.03. The molecule has 4 nitrogen and oxygen atoms in total. The summed E-state index contributed by atoms with van der Waals surface area (Å²) >= 11 is 0. The first kappa shape index (κ1) is 21.9. The normalized spacial score (nSPS) is 16.6. The minimum absolute atomic E-state index is 0.0165. The van der Waals surface area contributed by atoms with Crippen molar-refractivity contribution < 1.29 is 41.0 Å². The van der Waals surface area contributed by atoms with Crippen molar-refractivity contribution in [1.29, 1.82) is 0 Å². The predicted octanol–water partition coefficient (Wildman–Crippen LogP) is 5.22. The SMILES string of the molecule is O=C(NC1(C(O)c2cc(C(F)(F)F)cc(C(F)(F)F)c2)CC1)OCc1ccccc1. The lowest BCUT2D eigenvalue weighted by atomic mass is 9.95. The van der Waals surface area contributed by atoms with Crippen molar-refractivity contribution in [2.75, 3.05) is 0 Å². The van der Waals surface area contributed by atoms with Gasteiger partial charge in [0.25, 0.3) is 0 Å². The Morgan fingerprint density at radius 1 is 1.00 bits per heavy atom. The number of rotatable bonds is 5. The molecule has 2 aromatic rings. The number of ether oxygens (including phenoxy) is 1. The molecule has 1 fully saturated rings. The van der Waals surface area contributed by atoms with E-state index >= 15 is 0 Å². The average molecular weight is 433 g/mol. The standard InChI is InChI=1S/C20H17F6NO3/c21-19(22,23)14-8-13(9-15(10-14)20(24,25)26)16(28)18(6-7-18)27-17(29)30-11-12-4-2-1-3-5-12/h1-5,8-10,16,28H,6-7,11H2,(H,27,29). The molecule has 1 saturated carbocycles. The van der Waals surface area contributed by atoms with E-state index in [0.717, 1.165) is 0 Å². The largest absolute Gasteiger partial charge is 0.445 e. The van der Waals surface area contributed by atoms with Crippen LogP contribution in [0.5, 0.6) is 0 Å². The van der Waals surface area contributed by atoms with E-state index in [2.05, 4.69) is 5.32 Å². The van der Waals surface area contributed by atoms with Crippen LogP contribution in [-0.2, 0) is 23.7 Å². The van der Waals surface area contributed by atoms with Crippen molar-refractivity contribution in [3.63, 3.8) is 0 Å². The molecular formula is C20H17F6NO3. The Hall–Kier alpha value is -2.75. The summed E-state index contributed by atoms with van der Waals surface area (Å²) in [7, 11) is 0. The Kier molecular flexibility index (Phi) is 5.72. The predicted molar refractivity (Wildman–Crippen MR) is 93.1 cm³/mol. The van der Waals surface area contributed by atoms with Gasteiger partial charge < -0.3 is 15.2 Å². The first-order chi connectivity index (χ1) is 13.9. The van der Waals surface area contributed by atoms with E-state index in [1.807, 2.05) is 0 Å². The van der Waals surface area contributed by atoms with E-state index in [1.54, 1.807) is 30.3 Å². The smallest absolute Gasteiger partial charge is 0.416 e. The average Bonchev–Trinajstić information content (AvgIpc) is 3.45. The van der Waals surface area contributed by atoms with Crippen molar-refractivity contribution in [2.45, 2.75) is 43.4 Å². The molecule has 1 amide bonds. The third-order valence-corrected chi connectivity index (χ3v) is 4.80. The zero-order valence-corrected chi connectivity index (χ0v) is 15.3. The number of halogens is 6. The van der Waals surface area contributed by atoms with Crippen LogP contribution < -0.4 is 5.32 Å². The molecule has 10 heteroatoms. The van der Waals surface area contributed by atoms with E-state index in [4.69, 9.17) is 4.74 Å². The molecule has 0 bridgehead atoms. The first-order valence-electron chi connectivity index (χ1n) is 8.87. The summed E-state index contributed by atoms with van der Waals surface area (Å²) in [6.45, 7) is -0.0827. The van der Waals surface area contributed by atoms with Crippen LogP contribution in [0.25, 0.3) is 0 Å². The summed E-state index contributed by atoms with van der Waals surface area (Å²) in [5.41, 5.74) is -4.35. The van der Waals surface area contributed by atoms with Crippen molar-refractivity contribution >= 4 is 6.09 Å². The van der Waals surface area contributed by atoms with Crippen LogP contribution in [0.3, 0.4) is 0 Å². The van der Waals surface area contributed by atoms with Gasteiger partial charge in [0.1, 0.15) is 12.7 Å². The number of hydrogen-bond donors (Lipinski definition) is 2. The van der Waals surface area contributed by atoms with E-state index in [0.29, 0.717) is 17.7 Å². The summed E-state index contributed by atoms with van der Waals surface area (Å²) in [5.74, 6) is 0. The number of carbonyl (C=O) groups excluding carboxylic acids is 1. The topological polar surface area (TPSA) is 58.6 Å². The number of amides is 1. The van der Waals surface area contributed by atoms with Gasteiger partial charge in [-0.15, -0.1) is 0 Å². The summed E-state index contributed by atoms with van der Waals surface area (Å²) < 4.78 is 83.3. The van der Waals surface area contributed by atoms with Crippen molar-refractivity contribution in [3.8, 4) is 0 Å². The molecule has 0 spiro atoms. The maximum Gasteiger partial charge on any atom is 0.416 e. The summed E-state index contributed by atoms with van der Waals surface area (Å²) in [6.07, 6.45) is -12.4. The fourth-order valence-corrected chi connectivity index (χ4v) is 3.02. The lowest BCUT2D eigenvalue weighted by molar-refractivity contribution is -0.143. The summed E-state index contributed by atoms with van der Waals surface area (Å²) in [5, 5.41) is 12.9. The van der Waals surface area contributed by atoms with Gasteiger partial charge in [0.2, 0.25) is 0 Å². The summed E-state index contributed by atoms with van der Waals surface area (Å²) in [4.78, 5) is 12.1. The van der Waals surface area contributed by atoms with Gasteiger partial charge in [0.15, 0.2) is 0 Å². The van der Waals surface area contributed by atoms with Gasteiger partial charge in [-0.3, -0.25) is 0 Å². The Balaban J connectivity index is 1.78. The third kappa shape index (κ3) is 5.05. The highest BCUT2D eigenvalue weighted by Gasteiger charge is 2.52. The van der Waals surface area contributed by atoms with E-state index in [9.17, 15) is 36.2 Å². The summed E-state index contributed by atoms with van der Waals surface area (Å²) in [6, 6.07) is 9.53. The maximum atomic E-state index is 13.0. The van der Waals surface area contributed by atoms with Crippen LogP contribution in [0.1, 0.15) is 41.2 Å². The number of hydrogen-bond acceptors (Lipinski definition) is 3. The van der Waals surface area contributed by atoms with Crippen LogP contribution >= 0.6 is 0 Å². The number of aliphatic hydroxyl groups excluding tert-OH is 1. The highest BCUT2D eigenvalue weighted by molar-refractivity contribution is 5.69. The minimum Gasteiger partial charge on any atom is -0.445 e. The zero-order chi connectivity index (χ0) is 22.2. The maximum absolute atomic E-state index is 13.0. The number of alkyl halides is 6. The molecule has 0 aromatic heterocycles. The Labute approximate surface area is 167 Å². The second-order valence-corrected chi connectivity index (χ2v) is 7.08. The molecule has 1 aliphatic carbocycles. The van der Waals surface area contributed by atoms with Gasteiger partial charge >= 0.3 is 18.4 Å². The molecule has 3 rings (SSSR count). The molecule has 2 aromatic carbocycles. The molecule has 1 aliphatic rings. The highest BCUT2D eigenvalue weighted by atomic mass is 19.4. The van der Waals surface area contributed by atoms with Crippen molar-refractivity contribution in [2.24, 2.45) is 0 Å². The van der Waals surface area contributed by atoms with Gasteiger partial charge in [-0.1, -0.05) is 30.3 Å². The number of nitrogens with one attached hydrogen (secondary N) is 1. The molecule has 0 heterocycles. The molecule has 1 unspecified atom stereocenters. The monoisotopic (exact) mass is 433 g/mol. The molecule has 1 atom stereocenters. The third-order valence-electron chi connectivity index (χ3n) is 4.80. The zero-order valence-electron chi connectivity index (χ0n) is 15.3. The molecule has 0 radical (unpaired) electrons. The van der Waals surface area contributed by atoms with Crippen LogP contribution in [0.4, 0.5) is 31.1 Å². The number of alkyl carbamates (subject to hydrolysis) is 1. The van der Waals surface area contributed by atoms with Crippen LogP contribution in [-0.4, -0.2) is 16.7 Å². The Bertz CT molecular complexity index is 875.